The summed E-state index contributed by atoms with van der Waals surface area (Å²) in [4.78, 5) is 26.0. The number of carbonyl (C=O) groups excluding carboxylic acids is 1. The molecule has 3 saturated carbocycles. The second-order valence-electron chi connectivity index (χ2n) is 8.68. The number of hydrogen-bond acceptors (Lipinski definition) is 9. The van der Waals surface area contributed by atoms with Crippen LogP contribution >= 0.6 is 11.6 Å². The first kappa shape index (κ1) is 25.1. The van der Waals surface area contributed by atoms with Crippen molar-refractivity contribution in [1.82, 2.24) is 24.4 Å². The molecule has 35 heavy (non-hydrogen) atoms. The van der Waals surface area contributed by atoms with Crippen LogP contribution in [0.3, 0.4) is 0 Å². The summed E-state index contributed by atoms with van der Waals surface area (Å²) in [5.74, 6) is -0.867. The molecule has 0 saturated heterocycles. The number of guanidine groups is 1. The normalized spacial score (nSPS) is 22.2. The number of hydrazine groups is 1. The number of nitrogens with zero attached hydrogens (tertiary/aromatic N) is 5. The molecule has 3 aliphatic carbocycles. The van der Waals surface area contributed by atoms with Crippen molar-refractivity contribution in [2.75, 3.05) is 14.2 Å². The van der Waals surface area contributed by atoms with Crippen LogP contribution in [0, 0.1) is 11.3 Å². The summed E-state index contributed by atoms with van der Waals surface area (Å²) in [5, 5.41) is 8.21. The zero-order valence-corrected chi connectivity index (χ0v) is 21.0. The molecule has 2 aromatic heterocycles. The molecular formula is C21H26ClN7O5S. The van der Waals surface area contributed by atoms with E-state index in [2.05, 4.69) is 15.0 Å². The number of rotatable bonds is 8. The Morgan fingerprint density at radius 3 is 2.37 bits per heavy atom. The summed E-state index contributed by atoms with van der Waals surface area (Å²) in [6.45, 7) is 1.38. The quantitative estimate of drug-likeness (QED) is 0.298. The molecule has 1 amide bonds. The Hall–Kier alpha value is -3.03. The Labute approximate surface area is 207 Å². The highest BCUT2D eigenvalue weighted by Gasteiger charge is 2.65. The molecule has 3 fully saturated rings. The van der Waals surface area contributed by atoms with Crippen molar-refractivity contribution in [1.29, 1.82) is 5.41 Å². The summed E-state index contributed by atoms with van der Waals surface area (Å²) in [7, 11) is -1.75. The Balaban J connectivity index is 1.76. The molecule has 2 bridgehead atoms. The first-order valence-electron chi connectivity index (χ1n) is 10.8. The van der Waals surface area contributed by atoms with Crippen molar-refractivity contribution in [2.45, 2.75) is 43.1 Å². The van der Waals surface area contributed by atoms with Gasteiger partial charge in [0, 0.05) is 25.6 Å². The summed E-state index contributed by atoms with van der Waals surface area (Å²) in [6.07, 6.45) is 3.33. The molecule has 2 atom stereocenters. The first-order chi connectivity index (χ1) is 16.5. The molecule has 0 aliphatic heterocycles. The van der Waals surface area contributed by atoms with Crippen molar-refractivity contribution in [2.24, 2.45) is 11.7 Å². The summed E-state index contributed by atoms with van der Waals surface area (Å²) in [6, 6.07) is 4.60. The van der Waals surface area contributed by atoms with Gasteiger partial charge in [-0.25, -0.2) is 28.4 Å². The molecular weight excluding hydrogens is 498 g/mol. The van der Waals surface area contributed by atoms with Crippen molar-refractivity contribution >= 4 is 33.5 Å². The lowest BCUT2D eigenvalue weighted by Gasteiger charge is -2.66. The number of pyridine rings is 1. The molecule has 188 valence electrons. The molecule has 2 heterocycles. The van der Waals surface area contributed by atoms with Crippen LogP contribution in [0.25, 0.3) is 0 Å². The van der Waals surface area contributed by atoms with Crippen LogP contribution in [0.5, 0.6) is 5.88 Å². The van der Waals surface area contributed by atoms with E-state index in [0.717, 1.165) is 5.01 Å². The Bertz CT molecular complexity index is 1230. The molecule has 3 aliphatic rings. The van der Waals surface area contributed by atoms with E-state index in [1.165, 1.54) is 39.6 Å². The number of methoxy groups -OCH3 is 2. The summed E-state index contributed by atoms with van der Waals surface area (Å²) in [5.41, 5.74) is 5.02. The number of aromatic nitrogens is 3. The molecule has 0 aromatic carbocycles. The van der Waals surface area contributed by atoms with E-state index < -0.39 is 38.8 Å². The van der Waals surface area contributed by atoms with E-state index in [1.807, 2.05) is 0 Å². The smallest absolute Gasteiger partial charge is 0.292 e. The average Bonchev–Trinajstić information content (AvgIpc) is 2.77. The van der Waals surface area contributed by atoms with Gasteiger partial charge in [-0.3, -0.25) is 10.2 Å². The van der Waals surface area contributed by atoms with Gasteiger partial charge < -0.3 is 15.2 Å². The number of ether oxygens (including phenoxy) is 2. The number of sulfonamides is 1. The lowest BCUT2D eigenvalue weighted by Crippen LogP contribution is -2.75. The van der Waals surface area contributed by atoms with Crippen LogP contribution < -0.4 is 10.5 Å². The van der Waals surface area contributed by atoms with Gasteiger partial charge in [-0.2, -0.15) is 0 Å². The molecule has 0 spiro atoms. The number of nitrogens with one attached hydrogen (secondary N) is 1. The van der Waals surface area contributed by atoms with Gasteiger partial charge in [0.15, 0.2) is 5.82 Å². The van der Waals surface area contributed by atoms with Crippen LogP contribution in [0.15, 0.2) is 30.6 Å². The van der Waals surface area contributed by atoms with Gasteiger partial charge in [0.1, 0.15) is 17.0 Å². The molecule has 3 N–H and O–H groups in total. The molecule has 14 heteroatoms. The molecule has 2 aromatic rings. The van der Waals surface area contributed by atoms with Gasteiger partial charge in [-0.15, -0.1) is 4.41 Å². The monoisotopic (exact) mass is 523 g/mol. The van der Waals surface area contributed by atoms with Crippen molar-refractivity contribution in [3.8, 4) is 5.88 Å². The number of halogens is 1. The third kappa shape index (κ3) is 4.28. The number of carbonyl (C=O) groups is 1. The topological polar surface area (TPSA) is 165 Å². The second kappa shape index (κ2) is 9.21. The van der Waals surface area contributed by atoms with E-state index in [-0.39, 0.29) is 22.4 Å². The average molecular weight is 524 g/mol. The van der Waals surface area contributed by atoms with Crippen LogP contribution in [0.2, 0.25) is 5.02 Å². The Morgan fingerprint density at radius 2 is 1.89 bits per heavy atom. The minimum Gasteiger partial charge on any atom is -0.481 e. The largest absolute Gasteiger partial charge is 0.481 e. The molecule has 5 rings (SSSR count). The SMILES string of the molecule is COc1cccc(C(=O)N(N(C(=N)N)S(=O)(=O)[C@@H](C)[C@H](OC)c2ncc(Cl)cn2)C23CC(C2)C3)n1. The predicted octanol–water partition coefficient (Wildman–Crippen LogP) is 1.74. The van der Waals surface area contributed by atoms with Crippen LogP contribution in [0.1, 0.15) is 48.6 Å². The van der Waals surface area contributed by atoms with Gasteiger partial charge in [0.2, 0.25) is 11.8 Å². The predicted molar refractivity (Wildman–Crippen MR) is 126 cm³/mol. The lowest BCUT2D eigenvalue weighted by molar-refractivity contribution is -0.162. The third-order valence-electron chi connectivity index (χ3n) is 6.47. The van der Waals surface area contributed by atoms with Crippen LogP contribution in [-0.2, 0) is 14.8 Å². The second-order valence-corrected chi connectivity index (χ2v) is 11.2. The number of hydrogen-bond donors (Lipinski definition) is 2. The van der Waals surface area contributed by atoms with E-state index in [4.69, 9.17) is 32.2 Å². The van der Waals surface area contributed by atoms with Crippen LogP contribution in [0.4, 0.5) is 0 Å². The standard InChI is InChI=1S/C21H26ClN7O5S/c1-12(17(34-3)18-25-10-14(22)11-26-18)35(31,32)29(20(23)24)28(21-7-13(8-21)9-21)19(30)15-5-4-6-16(27-15)33-2/h4-6,10-13,17H,7-9H2,1-3H3,(H3,23,24)/t12-,13?,17-,21?/m0/s1. The van der Waals surface area contributed by atoms with Crippen LogP contribution in [-0.4, -0.2) is 69.7 Å². The van der Waals surface area contributed by atoms with E-state index in [0.29, 0.717) is 29.6 Å². The zero-order valence-electron chi connectivity index (χ0n) is 19.4. The molecule has 0 unspecified atom stereocenters. The zero-order chi connectivity index (χ0) is 25.5. The van der Waals surface area contributed by atoms with Crippen molar-refractivity contribution < 1.29 is 22.7 Å². The maximum absolute atomic E-state index is 13.9. The highest BCUT2D eigenvalue weighted by Crippen LogP contribution is 2.61. The Kier molecular flexibility index (Phi) is 6.60. The van der Waals surface area contributed by atoms with Gasteiger partial charge in [-0.05, 0) is 38.2 Å². The van der Waals surface area contributed by atoms with Crippen molar-refractivity contribution in [3.05, 3.63) is 47.1 Å². The minimum atomic E-state index is -4.48. The van der Waals surface area contributed by atoms with E-state index in [9.17, 15) is 13.2 Å². The minimum absolute atomic E-state index is 0.0347. The highest BCUT2D eigenvalue weighted by molar-refractivity contribution is 7.90. The molecule has 0 radical (unpaired) electrons. The summed E-state index contributed by atoms with van der Waals surface area (Å²) >= 11 is 5.86. The van der Waals surface area contributed by atoms with Gasteiger partial charge >= 0.3 is 0 Å². The maximum Gasteiger partial charge on any atom is 0.292 e. The lowest BCUT2D eigenvalue weighted by atomic mass is 9.49. The fraction of sp³-hybridized carbons (Fsp3) is 0.476. The first-order valence-corrected chi connectivity index (χ1v) is 12.7. The third-order valence-corrected chi connectivity index (χ3v) is 8.70. The Morgan fingerprint density at radius 1 is 1.26 bits per heavy atom. The number of amides is 1. The number of nitrogens with two attached hydrogens (primary N) is 1. The van der Waals surface area contributed by atoms with E-state index in [1.54, 1.807) is 12.1 Å². The summed E-state index contributed by atoms with van der Waals surface area (Å²) < 4.78 is 39.0. The van der Waals surface area contributed by atoms with Crippen molar-refractivity contribution in [3.63, 3.8) is 0 Å². The fourth-order valence-corrected chi connectivity index (χ4v) is 6.29. The molecule has 12 nitrogen and oxygen atoms in total. The fourth-order valence-electron chi connectivity index (χ4n) is 4.59. The van der Waals surface area contributed by atoms with Gasteiger partial charge in [-0.1, -0.05) is 17.7 Å². The van der Waals surface area contributed by atoms with Gasteiger partial charge in [0.25, 0.3) is 15.9 Å². The van der Waals surface area contributed by atoms with E-state index >= 15 is 0 Å². The van der Waals surface area contributed by atoms with Gasteiger partial charge in [0.05, 0.1) is 17.7 Å². The maximum atomic E-state index is 13.9. The highest BCUT2D eigenvalue weighted by atomic mass is 35.5.